The van der Waals surface area contributed by atoms with Crippen molar-refractivity contribution in [3.63, 3.8) is 0 Å². The number of aryl methyl sites for hydroxylation is 1. The van der Waals surface area contributed by atoms with Gasteiger partial charge in [-0.1, -0.05) is 0 Å². The van der Waals surface area contributed by atoms with E-state index in [2.05, 4.69) is 11.4 Å². The third-order valence-electron chi connectivity index (χ3n) is 3.26. The number of amides is 2. The molecule has 0 aliphatic rings. The summed E-state index contributed by atoms with van der Waals surface area (Å²) in [6, 6.07) is 4.84. The van der Waals surface area contributed by atoms with E-state index in [1.807, 2.05) is 0 Å². The van der Waals surface area contributed by atoms with E-state index >= 15 is 0 Å². The van der Waals surface area contributed by atoms with Gasteiger partial charge in [0.25, 0.3) is 0 Å². The number of rotatable bonds is 4. The quantitative estimate of drug-likeness (QED) is 0.891. The van der Waals surface area contributed by atoms with E-state index in [0.717, 1.165) is 5.56 Å². The van der Waals surface area contributed by atoms with Crippen LogP contribution < -0.4 is 5.32 Å². The molecule has 1 atom stereocenters. The van der Waals surface area contributed by atoms with Gasteiger partial charge in [0.2, 0.25) is 0 Å². The Morgan fingerprint density at radius 1 is 1.43 bits per heavy atom. The number of carboxylic acid groups (broad SMARTS) is 1. The summed E-state index contributed by atoms with van der Waals surface area (Å²) in [6.45, 7) is 5.55. The molecule has 6 nitrogen and oxygen atoms in total. The van der Waals surface area contributed by atoms with Crippen molar-refractivity contribution < 1.29 is 14.7 Å². The Hall–Kier alpha value is -2.55. The van der Waals surface area contributed by atoms with E-state index in [1.165, 1.54) is 11.0 Å². The van der Waals surface area contributed by atoms with Gasteiger partial charge in [0.05, 0.1) is 17.6 Å². The molecule has 6 heteroatoms. The summed E-state index contributed by atoms with van der Waals surface area (Å²) in [7, 11) is 1.59. The van der Waals surface area contributed by atoms with Gasteiger partial charge in [-0.2, -0.15) is 5.26 Å². The van der Waals surface area contributed by atoms with Crippen molar-refractivity contribution in [2.75, 3.05) is 18.9 Å². The maximum atomic E-state index is 12.0. The molecular weight excluding hydrogens is 270 g/mol. The topological polar surface area (TPSA) is 93.4 Å². The summed E-state index contributed by atoms with van der Waals surface area (Å²) in [5, 5.41) is 20.5. The average molecular weight is 289 g/mol. The normalized spacial score (nSPS) is 11.4. The SMILES string of the molecule is Cc1cc(NC(=O)N(C)CC(C)C#N)cc(C(=O)O)c1C. The molecule has 0 heterocycles. The molecule has 2 N–H and O–H groups in total. The van der Waals surface area contributed by atoms with Crippen LogP contribution >= 0.6 is 0 Å². The van der Waals surface area contributed by atoms with E-state index in [4.69, 9.17) is 10.4 Å². The summed E-state index contributed by atoms with van der Waals surface area (Å²) in [6.07, 6.45) is 0. The maximum Gasteiger partial charge on any atom is 0.336 e. The van der Waals surface area contributed by atoms with Gasteiger partial charge in [-0.05, 0) is 44.0 Å². The van der Waals surface area contributed by atoms with Crippen LogP contribution in [0.15, 0.2) is 12.1 Å². The first-order valence-corrected chi connectivity index (χ1v) is 6.52. The van der Waals surface area contributed by atoms with Crippen LogP contribution in [0.3, 0.4) is 0 Å². The zero-order chi connectivity index (χ0) is 16.2. The number of urea groups is 1. The second kappa shape index (κ2) is 6.75. The second-order valence-corrected chi connectivity index (χ2v) is 5.11. The molecule has 2 amide bonds. The van der Waals surface area contributed by atoms with Gasteiger partial charge < -0.3 is 15.3 Å². The molecule has 0 aliphatic carbocycles. The van der Waals surface area contributed by atoms with Gasteiger partial charge >= 0.3 is 12.0 Å². The standard InChI is InChI=1S/C15H19N3O3/c1-9(7-16)8-18(4)15(21)17-12-5-10(2)11(3)13(6-12)14(19)20/h5-6,9H,8H2,1-4H3,(H,17,21)(H,19,20). The van der Waals surface area contributed by atoms with E-state index in [9.17, 15) is 9.59 Å². The minimum absolute atomic E-state index is 0.165. The zero-order valence-corrected chi connectivity index (χ0v) is 12.6. The van der Waals surface area contributed by atoms with Gasteiger partial charge in [-0.15, -0.1) is 0 Å². The van der Waals surface area contributed by atoms with Gasteiger partial charge in [-0.3, -0.25) is 0 Å². The number of carbonyl (C=O) groups excluding carboxylic acids is 1. The molecule has 1 rings (SSSR count). The highest BCUT2D eigenvalue weighted by Crippen LogP contribution is 2.20. The van der Waals surface area contributed by atoms with Crippen molar-refractivity contribution in [3.05, 3.63) is 28.8 Å². The number of aromatic carboxylic acids is 1. The van der Waals surface area contributed by atoms with Crippen molar-refractivity contribution in [1.29, 1.82) is 5.26 Å². The zero-order valence-electron chi connectivity index (χ0n) is 12.6. The average Bonchev–Trinajstić information content (AvgIpc) is 2.41. The Labute approximate surface area is 124 Å². The highest BCUT2D eigenvalue weighted by Gasteiger charge is 2.15. The number of hydrogen-bond donors (Lipinski definition) is 2. The molecule has 21 heavy (non-hydrogen) atoms. The number of carboxylic acids is 1. The molecule has 0 radical (unpaired) electrons. The predicted octanol–water partition coefficient (Wildman–Crippen LogP) is 2.63. The molecule has 0 aliphatic heterocycles. The molecule has 1 aromatic rings. The van der Waals surface area contributed by atoms with Crippen LogP contribution in [0.25, 0.3) is 0 Å². The Balaban J connectivity index is 2.91. The summed E-state index contributed by atoms with van der Waals surface area (Å²) in [4.78, 5) is 24.6. The van der Waals surface area contributed by atoms with Crippen LogP contribution in [-0.4, -0.2) is 35.6 Å². The molecule has 1 aromatic carbocycles. The monoisotopic (exact) mass is 289 g/mol. The van der Waals surface area contributed by atoms with Gasteiger partial charge in [0, 0.05) is 19.3 Å². The first-order chi connectivity index (χ1) is 9.76. The molecule has 112 valence electrons. The number of benzene rings is 1. The highest BCUT2D eigenvalue weighted by molar-refractivity contribution is 5.94. The maximum absolute atomic E-state index is 12.0. The number of nitrogens with zero attached hydrogens (tertiary/aromatic N) is 2. The number of hydrogen-bond acceptors (Lipinski definition) is 3. The third kappa shape index (κ3) is 4.21. The summed E-state index contributed by atoms with van der Waals surface area (Å²) in [5.74, 6) is -1.30. The molecular formula is C15H19N3O3. The van der Waals surface area contributed by atoms with Gasteiger partial charge in [0.15, 0.2) is 0 Å². The van der Waals surface area contributed by atoms with Crippen LogP contribution in [-0.2, 0) is 0 Å². The predicted molar refractivity (Wildman–Crippen MR) is 79.3 cm³/mol. The fourth-order valence-corrected chi connectivity index (χ4v) is 1.91. The van der Waals surface area contributed by atoms with E-state index < -0.39 is 5.97 Å². The molecule has 0 saturated carbocycles. The van der Waals surface area contributed by atoms with Crippen LogP contribution in [0.1, 0.15) is 28.4 Å². The van der Waals surface area contributed by atoms with Gasteiger partial charge in [-0.25, -0.2) is 9.59 Å². The Kier molecular flexibility index (Phi) is 5.30. The fourth-order valence-electron chi connectivity index (χ4n) is 1.91. The lowest BCUT2D eigenvalue weighted by Crippen LogP contribution is -2.34. The summed E-state index contributed by atoms with van der Waals surface area (Å²) in [5.41, 5.74) is 2.06. The van der Waals surface area contributed by atoms with E-state index in [-0.39, 0.29) is 17.5 Å². The van der Waals surface area contributed by atoms with Crippen molar-refractivity contribution >= 4 is 17.7 Å². The Bertz CT molecular complexity index is 605. The minimum atomic E-state index is -1.03. The number of carbonyl (C=O) groups is 2. The summed E-state index contributed by atoms with van der Waals surface area (Å²) >= 11 is 0. The first kappa shape index (κ1) is 16.5. The highest BCUT2D eigenvalue weighted by atomic mass is 16.4. The second-order valence-electron chi connectivity index (χ2n) is 5.11. The molecule has 0 bridgehead atoms. The van der Waals surface area contributed by atoms with E-state index in [1.54, 1.807) is 33.9 Å². The first-order valence-electron chi connectivity index (χ1n) is 6.52. The Morgan fingerprint density at radius 2 is 2.05 bits per heavy atom. The molecule has 0 saturated heterocycles. The van der Waals surface area contributed by atoms with E-state index in [0.29, 0.717) is 17.8 Å². The fraction of sp³-hybridized carbons (Fsp3) is 0.400. The lowest BCUT2D eigenvalue weighted by atomic mass is 10.0. The van der Waals surface area contributed by atoms with Crippen molar-refractivity contribution in [1.82, 2.24) is 4.90 Å². The van der Waals surface area contributed by atoms with Crippen LogP contribution in [0.5, 0.6) is 0 Å². The van der Waals surface area contributed by atoms with Crippen LogP contribution in [0, 0.1) is 31.1 Å². The van der Waals surface area contributed by atoms with Crippen LogP contribution in [0.4, 0.5) is 10.5 Å². The largest absolute Gasteiger partial charge is 0.478 e. The lowest BCUT2D eigenvalue weighted by Gasteiger charge is -2.19. The number of anilines is 1. The smallest absolute Gasteiger partial charge is 0.336 e. The minimum Gasteiger partial charge on any atom is -0.478 e. The molecule has 0 spiro atoms. The summed E-state index contributed by atoms with van der Waals surface area (Å²) < 4.78 is 0. The van der Waals surface area contributed by atoms with Crippen LogP contribution in [0.2, 0.25) is 0 Å². The van der Waals surface area contributed by atoms with Crippen molar-refractivity contribution in [3.8, 4) is 6.07 Å². The molecule has 0 fully saturated rings. The van der Waals surface area contributed by atoms with Crippen molar-refractivity contribution in [2.24, 2.45) is 5.92 Å². The molecule has 0 aromatic heterocycles. The van der Waals surface area contributed by atoms with Crippen molar-refractivity contribution in [2.45, 2.75) is 20.8 Å². The van der Waals surface area contributed by atoms with Gasteiger partial charge in [0.1, 0.15) is 0 Å². The number of nitriles is 1. The molecule has 1 unspecified atom stereocenters. The third-order valence-corrected chi connectivity index (χ3v) is 3.26. The lowest BCUT2D eigenvalue weighted by molar-refractivity contribution is 0.0696. The Morgan fingerprint density at radius 3 is 2.57 bits per heavy atom. The number of nitrogens with one attached hydrogen (secondary N) is 1.